The van der Waals surface area contributed by atoms with Gasteiger partial charge in [-0.1, -0.05) is 45.2 Å². The molecule has 2 heterocycles. The molecule has 226 valence electrons. The number of hydrogen-bond acceptors (Lipinski definition) is 4. The standard InChI is InChI=1S/C25H32F3N3O4.C2H6.CH2F2/c1-23(2,3)35-22(34)29-15-24(16-29)21(33)30(19-7-5-4-6-8-19)14-20(32)31(24)13-17-9-11-18(12-10-17)25(26,27)28;1-2;2-1-3/h9-12,19H,4-8,13-16H2,1-3H3;1-2H3;1H2. The molecule has 2 saturated heterocycles. The van der Waals surface area contributed by atoms with E-state index in [0.29, 0.717) is 5.56 Å². The summed E-state index contributed by atoms with van der Waals surface area (Å²) >= 11 is 0. The van der Waals surface area contributed by atoms with E-state index in [1.807, 2.05) is 13.8 Å². The van der Waals surface area contributed by atoms with Crippen LogP contribution < -0.4 is 0 Å². The second-order valence-corrected chi connectivity index (χ2v) is 10.9. The zero-order valence-corrected chi connectivity index (χ0v) is 23.8. The van der Waals surface area contributed by atoms with Crippen LogP contribution in [-0.2, 0) is 27.0 Å². The van der Waals surface area contributed by atoms with Crippen LogP contribution in [0.4, 0.5) is 26.7 Å². The Balaban J connectivity index is 0.00000105. The number of nitrogens with zero attached hydrogens (tertiary/aromatic N) is 3. The lowest BCUT2D eigenvalue weighted by Crippen LogP contribution is -2.81. The first-order valence-corrected chi connectivity index (χ1v) is 13.6. The number of piperazine rings is 1. The van der Waals surface area contributed by atoms with Crippen molar-refractivity contribution in [3.05, 3.63) is 35.4 Å². The van der Waals surface area contributed by atoms with Crippen LogP contribution in [0.25, 0.3) is 0 Å². The Kier molecular flexibility index (Phi) is 11.3. The summed E-state index contributed by atoms with van der Waals surface area (Å²) in [6.07, 6.45) is -0.256. The average molecular weight is 578 g/mol. The van der Waals surface area contributed by atoms with Crippen molar-refractivity contribution in [1.29, 1.82) is 0 Å². The molecule has 3 fully saturated rings. The molecule has 4 rings (SSSR count). The molecule has 1 aliphatic carbocycles. The molecule has 0 unspecified atom stereocenters. The molecule has 12 heteroatoms. The van der Waals surface area contributed by atoms with Crippen LogP contribution >= 0.6 is 0 Å². The molecule has 3 aliphatic rings. The van der Waals surface area contributed by atoms with Gasteiger partial charge in [0.15, 0.2) is 5.54 Å². The fourth-order valence-corrected chi connectivity index (χ4v) is 5.18. The Labute approximate surface area is 232 Å². The summed E-state index contributed by atoms with van der Waals surface area (Å²) < 4.78 is 63.6. The van der Waals surface area contributed by atoms with Gasteiger partial charge in [-0.3, -0.25) is 9.59 Å². The van der Waals surface area contributed by atoms with Crippen LogP contribution in [0.2, 0.25) is 0 Å². The van der Waals surface area contributed by atoms with Gasteiger partial charge < -0.3 is 19.4 Å². The van der Waals surface area contributed by atoms with E-state index in [4.69, 9.17) is 4.74 Å². The molecule has 0 atom stereocenters. The van der Waals surface area contributed by atoms with Crippen LogP contribution in [0, 0.1) is 0 Å². The first-order chi connectivity index (χ1) is 18.7. The Bertz CT molecular complexity index is 999. The zero-order chi connectivity index (χ0) is 30.3. The van der Waals surface area contributed by atoms with E-state index < -0.39 is 35.9 Å². The molecule has 0 N–H and O–H groups in total. The van der Waals surface area contributed by atoms with Crippen molar-refractivity contribution in [3.8, 4) is 0 Å². The van der Waals surface area contributed by atoms with Gasteiger partial charge in [0.1, 0.15) is 12.1 Å². The quantitative estimate of drug-likeness (QED) is 0.407. The highest BCUT2D eigenvalue weighted by atomic mass is 19.4. The van der Waals surface area contributed by atoms with Gasteiger partial charge in [0.2, 0.25) is 12.8 Å². The van der Waals surface area contributed by atoms with E-state index in [9.17, 15) is 36.3 Å². The van der Waals surface area contributed by atoms with Crippen molar-refractivity contribution in [1.82, 2.24) is 14.7 Å². The van der Waals surface area contributed by atoms with Crippen molar-refractivity contribution in [3.63, 3.8) is 0 Å². The summed E-state index contributed by atoms with van der Waals surface area (Å²) in [5.74, 6) is -0.463. The third kappa shape index (κ3) is 7.84. The van der Waals surface area contributed by atoms with E-state index >= 15 is 0 Å². The maximum atomic E-state index is 13.8. The van der Waals surface area contributed by atoms with Crippen LogP contribution in [-0.4, -0.2) is 76.4 Å². The fraction of sp³-hybridized carbons (Fsp3) is 0.679. The number of amides is 3. The number of ether oxygens (including phenoxy) is 1. The monoisotopic (exact) mass is 577 g/mol. The van der Waals surface area contributed by atoms with Crippen LogP contribution in [0.1, 0.15) is 77.8 Å². The molecule has 40 heavy (non-hydrogen) atoms. The lowest BCUT2D eigenvalue weighted by molar-refractivity contribution is -0.181. The van der Waals surface area contributed by atoms with Gasteiger partial charge in [0.25, 0.3) is 5.91 Å². The molecule has 0 radical (unpaired) electrons. The number of carbonyl (C=O) groups is 3. The Morgan fingerprint density at radius 2 is 1.50 bits per heavy atom. The van der Waals surface area contributed by atoms with E-state index in [0.717, 1.165) is 44.2 Å². The van der Waals surface area contributed by atoms with Gasteiger partial charge >= 0.3 is 12.3 Å². The first-order valence-electron chi connectivity index (χ1n) is 13.6. The second kappa shape index (κ2) is 13.6. The van der Waals surface area contributed by atoms with E-state index in [1.165, 1.54) is 21.9 Å². The van der Waals surface area contributed by atoms with E-state index in [1.54, 1.807) is 25.7 Å². The maximum absolute atomic E-state index is 13.8. The first kappa shape index (κ1) is 33.3. The van der Waals surface area contributed by atoms with Gasteiger partial charge in [-0.15, -0.1) is 0 Å². The number of halogens is 5. The van der Waals surface area contributed by atoms with E-state index in [2.05, 4.69) is 0 Å². The Morgan fingerprint density at radius 3 is 1.98 bits per heavy atom. The molecule has 1 spiro atoms. The molecule has 0 aromatic heterocycles. The predicted octanol–water partition coefficient (Wildman–Crippen LogP) is 6.11. The second-order valence-electron chi connectivity index (χ2n) is 10.9. The summed E-state index contributed by atoms with van der Waals surface area (Å²) in [4.78, 5) is 44.3. The van der Waals surface area contributed by atoms with Crippen LogP contribution in [0.15, 0.2) is 24.3 Å². The minimum Gasteiger partial charge on any atom is -0.444 e. The molecular formula is C28H40F5N3O4. The zero-order valence-electron chi connectivity index (χ0n) is 23.8. The van der Waals surface area contributed by atoms with Gasteiger partial charge in [-0.05, 0) is 51.3 Å². The molecule has 0 bridgehead atoms. The molecule has 1 saturated carbocycles. The van der Waals surface area contributed by atoms with Crippen molar-refractivity contribution >= 4 is 17.9 Å². The minimum absolute atomic E-state index is 0.00363. The lowest BCUT2D eigenvalue weighted by atomic mass is 9.81. The average Bonchev–Trinajstić information content (AvgIpc) is 2.86. The van der Waals surface area contributed by atoms with Crippen molar-refractivity contribution in [2.75, 3.05) is 26.6 Å². The van der Waals surface area contributed by atoms with Gasteiger partial charge in [0, 0.05) is 12.6 Å². The normalized spacial score (nSPS) is 19.3. The van der Waals surface area contributed by atoms with Crippen molar-refractivity contribution in [2.45, 2.75) is 96.6 Å². The number of hydrogen-bond donors (Lipinski definition) is 0. The Morgan fingerprint density at radius 1 is 0.975 bits per heavy atom. The van der Waals surface area contributed by atoms with Gasteiger partial charge in [0.05, 0.1) is 18.7 Å². The Hall–Kier alpha value is -2.92. The van der Waals surface area contributed by atoms with E-state index in [-0.39, 0.29) is 44.0 Å². The number of likely N-dealkylation sites (tertiary alicyclic amines) is 1. The minimum atomic E-state index is -4.46. The number of carbonyl (C=O) groups excluding carboxylic acids is 3. The highest BCUT2D eigenvalue weighted by Crippen LogP contribution is 2.38. The summed E-state index contributed by atoms with van der Waals surface area (Å²) in [7, 11) is 0. The van der Waals surface area contributed by atoms with Crippen molar-refractivity contribution in [2.24, 2.45) is 0 Å². The molecule has 3 amide bonds. The third-order valence-electron chi connectivity index (χ3n) is 6.98. The topological polar surface area (TPSA) is 70.2 Å². The van der Waals surface area contributed by atoms with Crippen LogP contribution in [0.5, 0.6) is 0 Å². The highest BCUT2D eigenvalue weighted by molar-refractivity contribution is 6.00. The molecule has 1 aromatic carbocycles. The van der Waals surface area contributed by atoms with Crippen molar-refractivity contribution < 1.29 is 41.1 Å². The molecular weight excluding hydrogens is 537 g/mol. The maximum Gasteiger partial charge on any atom is 0.416 e. The SMILES string of the molecule is CC.CC(C)(C)OC(=O)N1CC2(C1)C(=O)N(C1CCCCC1)CC(=O)N2Cc1ccc(C(F)(F)F)cc1.FCF. The highest BCUT2D eigenvalue weighted by Gasteiger charge is 2.61. The van der Waals surface area contributed by atoms with Gasteiger partial charge in [-0.25, -0.2) is 13.6 Å². The number of rotatable bonds is 3. The molecule has 1 aromatic rings. The smallest absolute Gasteiger partial charge is 0.416 e. The summed E-state index contributed by atoms with van der Waals surface area (Å²) in [6.45, 7) is 7.42. The molecule has 2 aliphatic heterocycles. The summed E-state index contributed by atoms with van der Waals surface area (Å²) in [6, 6.07) is 4.58. The van der Waals surface area contributed by atoms with Gasteiger partial charge in [-0.2, -0.15) is 13.2 Å². The fourth-order valence-electron chi connectivity index (χ4n) is 5.18. The lowest BCUT2D eigenvalue weighted by Gasteiger charge is -2.58. The third-order valence-corrected chi connectivity index (χ3v) is 6.98. The predicted molar refractivity (Wildman–Crippen MR) is 140 cm³/mol. The van der Waals surface area contributed by atoms with Crippen LogP contribution in [0.3, 0.4) is 0 Å². The summed E-state index contributed by atoms with van der Waals surface area (Å²) in [5, 5.41) is 0. The number of benzene rings is 1. The molecule has 7 nitrogen and oxygen atoms in total. The number of alkyl halides is 5. The summed E-state index contributed by atoms with van der Waals surface area (Å²) in [5.41, 5.74) is -2.24. The largest absolute Gasteiger partial charge is 0.444 e.